The first kappa shape index (κ1) is 20.4. The standard InChI is InChI=1S/C19H29ClN4O2/c1-3-14(2)22-18(25)21-10-7-15-8-11-24(12-9-15)19(26)23-17-6-4-5-16(20)13-17/h4-6,13-15H,3,7-12H2,1-2H3,(H,23,26)(H2,21,22,25)/t14-/m1/s1. The van der Waals surface area contributed by atoms with Crippen molar-refractivity contribution in [3.05, 3.63) is 29.3 Å². The highest BCUT2D eigenvalue weighted by Crippen LogP contribution is 2.21. The van der Waals surface area contributed by atoms with Crippen molar-refractivity contribution in [3.63, 3.8) is 0 Å². The molecule has 6 nitrogen and oxygen atoms in total. The van der Waals surface area contributed by atoms with E-state index in [-0.39, 0.29) is 18.1 Å². The zero-order valence-electron chi connectivity index (χ0n) is 15.6. The summed E-state index contributed by atoms with van der Waals surface area (Å²) in [7, 11) is 0. The molecule has 2 rings (SSSR count). The Morgan fingerprint density at radius 3 is 2.69 bits per heavy atom. The Labute approximate surface area is 160 Å². The number of nitrogens with one attached hydrogen (secondary N) is 3. The number of urea groups is 2. The van der Waals surface area contributed by atoms with E-state index in [1.807, 2.05) is 30.9 Å². The minimum Gasteiger partial charge on any atom is -0.338 e. The van der Waals surface area contributed by atoms with Gasteiger partial charge >= 0.3 is 12.1 Å². The minimum atomic E-state index is -0.0994. The van der Waals surface area contributed by atoms with Crippen LogP contribution in [-0.4, -0.2) is 42.6 Å². The fourth-order valence-electron chi connectivity index (χ4n) is 2.96. The van der Waals surface area contributed by atoms with Crippen LogP contribution in [0.3, 0.4) is 0 Å². The smallest absolute Gasteiger partial charge is 0.321 e. The van der Waals surface area contributed by atoms with Crippen molar-refractivity contribution >= 4 is 29.4 Å². The van der Waals surface area contributed by atoms with Gasteiger partial charge in [0, 0.05) is 36.4 Å². The third-order valence-corrected chi connectivity index (χ3v) is 5.04. The minimum absolute atomic E-state index is 0.0863. The SMILES string of the molecule is CC[C@@H](C)NC(=O)NCCC1CCN(C(=O)Nc2cccc(Cl)c2)CC1. The summed E-state index contributed by atoms with van der Waals surface area (Å²) in [6, 6.07) is 7.16. The molecule has 1 heterocycles. The molecule has 144 valence electrons. The van der Waals surface area contributed by atoms with Crippen LogP contribution >= 0.6 is 11.6 Å². The van der Waals surface area contributed by atoms with Gasteiger partial charge in [-0.1, -0.05) is 24.6 Å². The van der Waals surface area contributed by atoms with E-state index in [1.165, 1.54) is 0 Å². The van der Waals surface area contributed by atoms with Crippen LogP contribution in [0.25, 0.3) is 0 Å². The zero-order chi connectivity index (χ0) is 18.9. The Morgan fingerprint density at radius 1 is 1.31 bits per heavy atom. The number of piperidine rings is 1. The quantitative estimate of drug-likeness (QED) is 0.695. The maximum Gasteiger partial charge on any atom is 0.321 e. The predicted molar refractivity (Wildman–Crippen MR) is 106 cm³/mol. The highest BCUT2D eigenvalue weighted by atomic mass is 35.5. The lowest BCUT2D eigenvalue weighted by Crippen LogP contribution is -2.43. The number of hydrogen-bond donors (Lipinski definition) is 3. The average Bonchev–Trinajstić information content (AvgIpc) is 2.62. The van der Waals surface area contributed by atoms with Gasteiger partial charge in [-0.2, -0.15) is 0 Å². The highest BCUT2D eigenvalue weighted by molar-refractivity contribution is 6.30. The lowest BCUT2D eigenvalue weighted by atomic mass is 9.94. The molecule has 1 atom stereocenters. The fourth-order valence-corrected chi connectivity index (χ4v) is 3.15. The molecule has 1 aliphatic heterocycles. The van der Waals surface area contributed by atoms with Crippen molar-refractivity contribution in [2.24, 2.45) is 5.92 Å². The molecular weight excluding hydrogens is 352 g/mol. The van der Waals surface area contributed by atoms with Crippen molar-refractivity contribution in [2.45, 2.75) is 45.6 Å². The topological polar surface area (TPSA) is 73.5 Å². The molecule has 1 aromatic carbocycles. The summed E-state index contributed by atoms with van der Waals surface area (Å²) in [6.45, 7) is 6.17. The molecule has 0 aliphatic carbocycles. The molecule has 1 fully saturated rings. The molecule has 0 unspecified atom stereocenters. The van der Waals surface area contributed by atoms with Gasteiger partial charge in [0.2, 0.25) is 0 Å². The number of carbonyl (C=O) groups excluding carboxylic acids is 2. The number of rotatable bonds is 6. The van der Waals surface area contributed by atoms with Crippen LogP contribution in [0.4, 0.5) is 15.3 Å². The van der Waals surface area contributed by atoms with Crippen LogP contribution in [0, 0.1) is 5.92 Å². The highest BCUT2D eigenvalue weighted by Gasteiger charge is 2.22. The second-order valence-corrected chi connectivity index (χ2v) is 7.31. The van der Waals surface area contributed by atoms with Gasteiger partial charge in [-0.15, -0.1) is 0 Å². The summed E-state index contributed by atoms with van der Waals surface area (Å²) >= 11 is 5.94. The van der Waals surface area contributed by atoms with Crippen LogP contribution in [-0.2, 0) is 0 Å². The molecule has 7 heteroatoms. The fraction of sp³-hybridized carbons (Fsp3) is 0.579. The second kappa shape index (κ2) is 10.3. The maximum atomic E-state index is 12.3. The largest absolute Gasteiger partial charge is 0.338 e. The Morgan fingerprint density at radius 2 is 2.04 bits per heavy atom. The molecule has 4 amide bonds. The molecule has 1 saturated heterocycles. The van der Waals surface area contributed by atoms with Gasteiger partial charge < -0.3 is 20.9 Å². The van der Waals surface area contributed by atoms with Crippen LogP contribution in [0.15, 0.2) is 24.3 Å². The summed E-state index contributed by atoms with van der Waals surface area (Å²) in [4.78, 5) is 25.9. The van der Waals surface area contributed by atoms with Gasteiger partial charge in [0.15, 0.2) is 0 Å². The lowest BCUT2D eigenvalue weighted by Gasteiger charge is -2.32. The van der Waals surface area contributed by atoms with Gasteiger partial charge in [-0.3, -0.25) is 0 Å². The number of nitrogens with zero attached hydrogens (tertiary/aromatic N) is 1. The number of hydrogen-bond acceptors (Lipinski definition) is 2. The number of anilines is 1. The van der Waals surface area contributed by atoms with Gasteiger partial charge in [0.25, 0.3) is 0 Å². The summed E-state index contributed by atoms with van der Waals surface area (Å²) < 4.78 is 0. The van der Waals surface area contributed by atoms with Gasteiger partial charge in [0.05, 0.1) is 0 Å². The summed E-state index contributed by atoms with van der Waals surface area (Å²) in [5, 5.41) is 9.30. The Balaban J connectivity index is 1.65. The molecule has 3 N–H and O–H groups in total. The molecule has 0 radical (unpaired) electrons. The van der Waals surface area contributed by atoms with E-state index in [2.05, 4.69) is 16.0 Å². The predicted octanol–water partition coefficient (Wildman–Crippen LogP) is 4.07. The van der Waals surface area contributed by atoms with E-state index >= 15 is 0 Å². The van der Waals surface area contributed by atoms with Gasteiger partial charge in [-0.25, -0.2) is 9.59 Å². The van der Waals surface area contributed by atoms with Crippen molar-refractivity contribution in [1.29, 1.82) is 0 Å². The van der Waals surface area contributed by atoms with Crippen LogP contribution in [0.2, 0.25) is 5.02 Å². The molecular formula is C19H29ClN4O2. The lowest BCUT2D eigenvalue weighted by molar-refractivity contribution is 0.179. The Kier molecular flexibility index (Phi) is 8.04. The van der Waals surface area contributed by atoms with E-state index in [0.29, 0.717) is 23.2 Å². The van der Waals surface area contributed by atoms with Crippen molar-refractivity contribution in [2.75, 3.05) is 25.0 Å². The van der Waals surface area contributed by atoms with Crippen molar-refractivity contribution in [1.82, 2.24) is 15.5 Å². The van der Waals surface area contributed by atoms with Crippen LogP contribution in [0.5, 0.6) is 0 Å². The van der Waals surface area contributed by atoms with Crippen LogP contribution < -0.4 is 16.0 Å². The monoisotopic (exact) mass is 380 g/mol. The van der Waals surface area contributed by atoms with E-state index in [9.17, 15) is 9.59 Å². The summed E-state index contributed by atoms with van der Waals surface area (Å²) in [6.07, 6.45) is 3.77. The molecule has 0 bridgehead atoms. The van der Waals surface area contributed by atoms with Crippen molar-refractivity contribution < 1.29 is 9.59 Å². The first-order chi connectivity index (χ1) is 12.5. The van der Waals surface area contributed by atoms with Crippen LogP contribution in [0.1, 0.15) is 39.5 Å². The number of benzene rings is 1. The Hall–Kier alpha value is -1.95. The van der Waals surface area contributed by atoms with Gasteiger partial charge in [-0.05, 0) is 56.7 Å². The summed E-state index contributed by atoms with van der Waals surface area (Å²) in [5.74, 6) is 0.536. The van der Waals surface area contributed by atoms with Gasteiger partial charge in [0.1, 0.15) is 0 Å². The Bertz CT molecular complexity index is 603. The molecule has 1 aromatic rings. The molecule has 0 aromatic heterocycles. The third kappa shape index (κ3) is 6.75. The van der Waals surface area contributed by atoms with E-state index in [4.69, 9.17) is 11.6 Å². The zero-order valence-corrected chi connectivity index (χ0v) is 16.3. The molecule has 26 heavy (non-hydrogen) atoms. The molecule has 1 aliphatic rings. The molecule has 0 spiro atoms. The van der Waals surface area contributed by atoms with Crippen molar-refractivity contribution in [3.8, 4) is 0 Å². The summed E-state index contributed by atoms with van der Waals surface area (Å²) in [5.41, 5.74) is 0.709. The first-order valence-electron chi connectivity index (χ1n) is 9.33. The first-order valence-corrected chi connectivity index (χ1v) is 9.71. The number of carbonyl (C=O) groups is 2. The number of likely N-dealkylation sites (tertiary alicyclic amines) is 1. The molecule has 0 saturated carbocycles. The van der Waals surface area contributed by atoms with E-state index < -0.39 is 0 Å². The number of amides is 4. The third-order valence-electron chi connectivity index (χ3n) is 4.81. The normalized spacial score (nSPS) is 16.0. The second-order valence-electron chi connectivity index (χ2n) is 6.87. The maximum absolute atomic E-state index is 12.3. The van der Waals surface area contributed by atoms with E-state index in [1.54, 1.807) is 12.1 Å². The van der Waals surface area contributed by atoms with E-state index in [0.717, 1.165) is 38.8 Å². The average molecular weight is 381 g/mol. The number of halogens is 1.